The lowest BCUT2D eigenvalue weighted by Crippen LogP contribution is -2.10. The second kappa shape index (κ2) is 4.47. The summed E-state index contributed by atoms with van der Waals surface area (Å²) in [5.41, 5.74) is 3.09. The molecule has 2 aliphatic rings. The Kier molecular flexibility index (Phi) is 2.62. The Morgan fingerprint density at radius 1 is 1.30 bits per heavy atom. The zero-order valence-electron chi connectivity index (χ0n) is 11.4. The van der Waals surface area contributed by atoms with Crippen LogP contribution in [0.4, 0.5) is 5.95 Å². The van der Waals surface area contributed by atoms with Gasteiger partial charge in [-0.25, -0.2) is 4.98 Å². The molecule has 0 radical (unpaired) electrons. The van der Waals surface area contributed by atoms with Gasteiger partial charge in [0.1, 0.15) is 0 Å². The normalized spacial score (nSPS) is 25.8. The summed E-state index contributed by atoms with van der Waals surface area (Å²) in [5, 5.41) is 3.34. The monoisotopic (exact) mass is 267 g/mol. The van der Waals surface area contributed by atoms with Gasteiger partial charge in [-0.15, -0.1) is 0 Å². The number of methoxy groups -OCH3 is 1. The summed E-state index contributed by atoms with van der Waals surface area (Å²) in [6, 6.07) is 10.6. The molecule has 0 spiro atoms. The highest BCUT2D eigenvalue weighted by Gasteiger charge is 2.54. The number of rotatable bonds is 4. The smallest absolute Gasteiger partial charge is 0.225 e. The number of nitrogens with one attached hydrogen (secondary N) is 1. The van der Waals surface area contributed by atoms with Crippen LogP contribution >= 0.6 is 0 Å². The van der Waals surface area contributed by atoms with E-state index >= 15 is 0 Å². The van der Waals surface area contributed by atoms with Crippen molar-refractivity contribution in [3.05, 3.63) is 47.7 Å². The number of hydrogen-bond acceptors (Lipinski definition) is 4. The molecule has 102 valence electrons. The molecular formula is C16H17N3O. The van der Waals surface area contributed by atoms with Crippen LogP contribution in [-0.4, -0.2) is 23.6 Å². The molecule has 0 aliphatic heterocycles. The van der Waals surface area contributed by atoms with Crippen LogP contribution in [0.2, 0.25) is 0 Å². The second-order valence-electron chi connectivity index (χ2n) is 5.56. The summed E-state index contributed by atoms with van der Waals surface area (Å²) in [5.74, 6) is 3.53. The second-order valence-corrected chi connectivity index (χ2v) is 5.56. The van der Waals surface area contributed by atoms with Gasteiger partial charge in [0.15, 0.2) is 0 Å². The van der Waals surface area contributed by atoms with E-state index in [0.29, 0.717) is 11.8 Å². The van der Waals surface area contributed by atoms with Crippen molar-refractivity contribution < 1.29 is 4.74 Å². The van der Waals surface area contributed by atoms with E-state index in [-0.39, 0.29) is 0 Å². The van der Waals surface area contributed by atoms with Crippen LogP contribution in [-0.2, 0) is 6.42 Å². The van der Waals surface area contributed by atoms with Crippen LogP contribution in [0.5, 0.6) is 5.88 Å². The van der Waals surface area contributed by atoms with Crippen LogP contribution in [0.25, 0.3) is 0 Å². The molecule has 0 amide bonds. The van der Waals surface area contributed by atoms with Crippen molar-refractivity contribution in [3.63, 3.8) is 0 Å². The Labute approximate surface area is 118 Å². The first-order valence-corrected chi connectivity index (χ1v) is 7.05. The van der Waals surface area contributed by atoms with Gasteiger partial charge in [-0.1, -0.05) is 24.3 Å². The minimum atomic E-state index is 0.601. The molecule has 4 heteroatoms. The Balaban J connectivity index is 1.41. The molecule has 3 unspecified atom stereocenters. The van der Waals surface area contributed by atoms with Crippen molar-refractivity contribution >= 4 is 5.95 Å². The fourth-order valence-corrected chi connectivity index (χ4v) is 3.51. The molecule has 1 aromatic heterocycles. The maximum absolute atomic E-state index is 5.11. The lowest BCUT2D eigenvalue weighted by molar-refractivity contribution is 0.397. The van der Waals surface area contributed by atoms with E-state index in [1.54, 1.807) is 24.9 Å². The van der Waals surface area contributed by atoms with Crippen LogP contribution in [0.1, 0.15) is 17.0 Å². The molecule has 1 saturated carbocycles. The van der Waals surface area contributed by atoms with Crippen LogP contribution in [0, 0.1) is 11.8 Å². The number of ether oxygens (including phenoxy) is 1. The van der Waals surface area contributed by atoms with Crippen LogP contribution in [0.3, 0.4) is 0 Å². The van der Waals surface area contributed by atoms with Gasteiger partial charge in [0.05, 0.1) is 7.11 Å². The first kappa shape index (κ1) is 11.7. The summed E-state index contributed by atoms with van der Waals surface area (Å²) in [7, 11) is 1.62. The quantitative estimate of drug-likeness (QED) is 0.924. The maximum atomic E-state index is 5.11. The zero-order chi connectivity index (χ0) is 13.5. The molecule has 1 fully saturated rings. The highest BCUT2D eigenvalue weighted by molar-refractivity contribution is 5.44. The number of anilines is 1. The predicted molar refractivity (Wildman–Crippen MR) is 76.9 cm³/mol. The van der Waals surface area contributed by atoms with E-state index in [1.807, 2.05) is 0 Å². The van der Waals surface area contributed by atoms with Gasteiger partial charge < -0.3 is 10.1 Å². The number of hydrogen-bond donors (Lipinski definition) is 1. The molecule has 2 aromatic rings. The highest BCUT2D eigenvalue weighted by atomic mass is 16.5. The van der Waals surface area contributed by atoms with Crippen molar-refractivity contribution in [2.24, 2.45) is 11.8 Å². The molecule has 3 atom stereocenters. The van der Waals surface area contributed by atoms with Gasteiger partial charge >= 0.3 is 0 Å². The van der Waals surface area contributed by atoms with Gasteiger partial charge in [0.2, 0.25) is 11.8 Å². The third-order valence-corrected chi connectivity index (χ3v) is 4.54. The summed E-state index contributed by atoms with van der Waals surface area (Å²) < 4.78 is 5.11. The summed E-state index contributed by atoms with van der Waals surface area (Å²) in [4.78, 5) is 8.51. The summed E-state index contributed by atoms with van der Waals surface area (Å²) in [6.07, 6.45) is 2.95. The largest absolute Gasteiger partial charge is 0.481 e. The summed E-state index contributed by atoms with van der Waals surface area (Å²) >= 11 is 0. The molecule has 20 heavy (non-hydrogen) atoms. The Hall–Kier alpha value is -2.10. The number of fused-ring (bicyclic) bond motifs is 3. The van der Waals surface area contributed by atoms with E-state index < -0.39 is 0 Å². The van der Waals surface area contributed by atoms with E-state index in [4.69, 9.17) is 4.74 Å². The zero-order valence-corrected chi connectivity index (χ0v) is 11.4. The van der Waals surface area contributed by atoms with Crippen molar-refractivity contribution in [1.82, 2.24) is 9.97 Å². The average molecular weight is 267 g/mol. The van der Waals surface area contributed by atoms with E-state index in [0.717, 1.165) is 24.3 Å². The minimum absolute atomic E-state index is 0.601. The number of aromatic nitrogens is 2. The van der Waals surface area contributed by atoms with Gasteiger partial charge in [0, 0.05) is 18.8 Å². The molecule has 1 heterocycles. The number of nitrogens with zero attached hydrogens (tertiary/aromatic N) is 2. The predicted octanol–water partition coefficient (Wildman–Crippen LogP) is 2.48. The van der Waals surface area contributed by atoms with Crippen LogP contribution in [0.15, 0.2) is 36.5 Å². The standard InChI is InChI=1S/C16H17N3O/c1-20-14-6-7-17-16(19-14)18-9-13-12-8-10-4-2-3-5-11(10)15(12)13/h2-7,12-13,15H,8-9H2,1H3,(H,17,18,19). The minimum Gasteiger partial charge on any atom is -0.481 e. The third-order valence-electron chi connectivity index (χ3n) is 4.54. The Bertz CT molecular complexity index is 643. The van der Waals surface area contributed by atoms with Gasteiger partial charge in [-0.05, 0) is 35.3 Å². The fraction of sp³-hybridized carbons (Fsp3) is 0.375. The average Bonchev–Trinajstić information content (AvgIpc) is 3.04. The number of benzene rings is 1. The van der Waals surface area contributed by atoms with Crippen LogP contribution < -0.4 is 10.1 Å². The van der Waals surface area contributed by atoms with E-state index in [2.05, 4.69) is 39.6 Å². The van der Waals surface area contributed by atoms with Gasteiger partial charge in [0.25, 0.3) is 0 Å². The van der Waals surface area contributed by atoms with Gasteiger partial charge in [-0.3, -0.25) is 0 Å². The molecule has 4 rings (SSSR count). The van der Waals surface area contributed by atoms with E-state index in [9.17, 15) is 0 Å². The van der Waals surface area contributed by atoms with E-state index in [1.165, 1.54) is 12.0 Å². The molecule has 4 nitrogen and oxygen atoms in total. The molecule has 0 bridgehead atoms. The maximum Gasteiger partial charge on any atom is 0.225 e. The Morgan fingerprint density at radius 3 is 3.10 bits per heavy atom. The first-order valence-electron chi connectivity index (χ1n) is 7.05. The molecule has 2 aliphatic carbocycles. The lowest BCUT2D eigenvalue weighted by atomic mass is 10.0. The van der Waals surface area contributed by atoms with Crippen molar-refractivity contribution in [2.75, 3.05) is 19.0 Å². The van der Waals surface area contributed by atoms with Crippen molar-refractivity contribution in [3.8, 4) is 5.88 Å². The third kappa shape index (κ3) is 1.83. The van der Waals surface area contributed by atoms with Crippen molar-refractivity contribution in [1.29, 1.82) is 0 Å². The molecule has 0 saturated heterocycles. The molecular weight excluding hydrogens is 250 g/mol. The highest BCUT2D eigenvalue weighted by Crippen LogP contribution is 2.61. The topological polar surface area (TPSA) is 47.0 Å². The van der Waals surface area contributed by atoms with Gasteiger partial charge in [-0.2, -0.15) is 4.98 Å². The Morgan fingerprint density at radius 2 is 2.20 bits per heavy atom. The SMILES string of the molecule is COc1ccnc(NCC2C3Cc4ccccc4C23)n1. The summed E-state index contributed by atoms with van der Waals surface area (Å²) in [6.45, 7) is 0.941. The van der Waals surface area contributed by atoms with Crippen molar-refractivity contribution in [2.45, 2.75) is 12.3 Å². The first-order chi connectivity index (χ1) is 9.86. The lowest BCUT2D eigenvalue weighted by Gasteiger charge is -2.09. The molecule has 1 aromatic carbocycles. The molecule has 1 N–H and O–H groups in total. The fourth-order valence-electron chi connectivity index (χ4n) is 3.51.